The fourth-order valence-electron chi connectivity index (χ4n) is 2.95. The van der Waals surface area contributed by atoms with Crippen LogP contribution in [-0.2, 0) is 13.0 Å². The molecule has 1 aromatic carbocycles. The van der Waals surface area contributed by atoms with Crippen molar-refractivity contribution in [1.29, 1.82) is 0 Å². The minimum Gasteiger partial charge on any atom is -0.459 e. The van der Waals surface area contributed by atoms with Gasteiger partial charge in [-0.05, 0) is 31.2 Å². The monoisotopic (exact) mass is 367 g/mol. The van der Waals surface area contributed by atoms with E-state index in [4.69, 9.17) is 4.42 Å². The van der Waals surface area contributed by atoms with E-state index < -0.39 is 0 Å². The van der Waals surface area contributed by atoms with Crippen LogP contribution in [0.5, 0.6) is 0 Å². The van der Waals surface area contributed by atoms with Gasteiger partial charge in [-0.3, -0.25) is 14.9 Å². The van der Waals surface area contributed by atoms with Crippen molar-refractivity contribution in [1.82, 2.24) is 9.88 Å². The Bertz CT molecular complexity index is 962. The van der Waals surface area contributed by atoms with E-state index in [1.54, 1.807) is 12.1 Å². The van der Waals surface area contributed by atoms with Crippen molar-refractivity contribution >= 4 is 28.3 Å². The van der Waals surface area contributed by atoms with Crippen molar-refractivity contribution < 1.29 is 14.0 Å². The number of carbonyl (C=O) groups excluding carboxylic acids is 2. The lowest BCUT2D eigenvalue weighted by molar-refractivity contribution is 0.0736. The van der Waals surface area contributed by atoms with Crippen LogP contribution in [0.2, 0.25) is 0 Å². The molecule has 0 saturated carbocycles. The zero-order chi connectivity index (χ0) is 18.1. The first kappa shape index (κ1) is 16.5. The Kier molecular flexibility index (Phi) is 4.30. The quantitative estimate of drug-likeness (QED) is 0.769. The molecule has 2 aromatic heterocycles. The molecule has 0 aliphatic carbocycles. The summed E-state index contributed by atoms with van der Waals surface area (Å²) in [6.07, 6.45) is 2.14. The number of anilines is 1. The van der Waals surface area contributed by atoms with Gasteiger partial charge in [0.2, 0.25) is 0 Å². The van der Waals surface area contributed by atoms with E-state index in [1.807, 2.05) is 36.1 Å². The second-order valence-electron chi connectivity index (χ2n) is 6.17. The van der Waals surface area contributed by atoms with Crippen molar-refractivity contribution in [3.63, 3.8) is 0 Å². The largest absolute Gasteiger partial charge is 0.459 e. The average Bonchev–Trinajstić information content (AvgIpc) is 3.29. The van der Waals surface area contributed by atoms with Crippen LogP contribution in [0.4, 0.5) is 5.13 Å². The number of aryl methyl sites for hydroxylation is 1. The third-order valence-electron chi connectivity index (χ3n) is 4.25. The molecule has 2 amide bonds. The van der Waals surface area contributed by atoms with E-state index in [0.29, 0.717) is 30.2 Å². The SMILES string of the molecule is Cc1cccc(C(=O)N2CCc3nc(NC(=O)c4ccco4)sc3C2)c1. The molecule has 26 heavy (non-hydrogen) atoms. The lowest BCUT2D eigenvalue weighted by atomic mass is 10.1. The number of nitrogens with one attached hydrogen (secondary N) is 1. The topological polar surface area (TPSA) is 75.4 Å². The highest BCUT2D eigenvalue weighted by Crippen LogP contribution is 2.29. The van der Waals surface area contributed by atoms with Crippen molar-refractivity contribution in [3.05, 3.63) is 70.1 Å². The van der Waals surface area contributed by atoms with E-state index >= 15 is 0 Å². The highest BCUT2D eigenvalue weighted by atomic mass is 32.1. The van der Waals surface area contributed by atoms with Crippen molar-refractivity contribution in [2.24, 2.45) is 0 Å². The first-order valence-electron chi connectivity index (χ1n) is 8.29. The molecule has 0 spiro atoms. The van der Waals surface area contributed by atoms with E-state index in [9.17, 15) is 9.59 Å². The molecule has 0 saturated heterocycles. The maximum atomic E-state index is 12.7. The summed E-state index contributed by atoms with van der Waals surface area (Å²) in [5, 5.41) is 3.28. The van der Waals surface area contributed by atoms with Gasteiger partial charge < -0.3 is 9.32 Å². The van der Waals surface area contributed by atoms with Crippen LogP contribution in [0.3, 0.4) is 0 Å². The molecule has 1 aliphatic heterocycles. The van der Waals surface area contributed by atoms with Gasteiger partial charge >= 0.3 is 0 Å². The number of nitrogens with zero attached hydrogens (tertiary/aromatic N) is 2. The minimum atomic E-state index is -0.325. The number of rotatable bonds is 3. The van der Waals surface area contributed by atoms with Crippen LogP contribution < -0.4 is 5.32 Å². The first-order chi connectivity index (χ1) is 12.6. The summed E-state index contributed by atoms with van der Waals surface area (Å²) in [6, 6.07) is 10.9. The summed E-state index contributed by atoms with van der Waals surface area (Å²) < 4.78 is 5.09. The van der Waals surface area contributed by atoms with Crippen LogP contribution in [-0.4, -0.2) is 28.2 Å². The summed E-state index contributed by atoms with van der Waals surface area (Å²) in [4.78, 5) is 32.1. The van der Waals surface area contributed by atoms with Gasteiger partial charge in [0.1, 0.15) is 0 Å². The summed E-state index contributed by atoms with van der Waals surface area (Å²) in [7, 11) is 0. The molecule has 7 heteroatoms. The van der Waals surface area contributed by atoms with Gasteiger partial charge in [-0.15, -0.1) is 0 Å². The highest BCUT2D eigenvalue weighted by molar-refractivity contribution is 7.15. The van der Waals surface area contributed by atoms with E-state index in [2.05, 4.69) is 10.3 Å². The Morgan fingerprint density at radius 2 is 2.15 bits per heavy atom. The smallest absolute Gasteiger partial charge is 0.293 e. The Balaban J connectivity index is 1.48. The number of hydrogen-bond acceptors (Lipinski definition) is 5. The van der Waals surface area contributed by atoms with Crippen LogP contribution >= 0.6 is 11.3 Å². The molecule has 0 atom stereocenters. The molecule has 3 heterocycles. The van der Waals surface area contributed by atoms with Gasteiger partial charge in [0.15, 0.2) is 10.9 Å². The van der Waals surface area contributed by atoms with Crippen LogP contribution in [0.25, 0.3) is 0 Å². The molecule has 0 fully saturated rings. The molecular weight excluding hydrogens is 350 g/mol. The average molecular weight is 367 g/mol. The van der Waals surface area contributed by atoms with Crippen LogP contribution in [0.1, 0.15) is 37.0 Å². The predicted octanol–water partition coefficient (Wildman–Crippen LogP) is 3.50. The summed E-state index contributed by atoms with van der Waals surface area (Å²) in [5.41, 5.74) is 2.71. The fraction of sp³-hybridized carbons (Fsp3) is 0.211. The van der Waals surface area contributed by atoms with Gasteiger partial charge in [0.25, 0.3) is 11.8 Å². The molecule has 6 nitrogen and oxygen atoms in total. The highest BCUT2D eigenvalue weighted by Gasteiger charge is 2.25. The number of carbonyl (C=O) groups is 2. The van der Waals surface area contributed by atoms with E-state index in [1.165, 1.54) is 17.6 Å². The zero-order valence-corrected chi connectivity index (χ0v) is 15.0. The standard InChI is InChI=1S/C19H17N3O3S/c1-12-4-2-5-13(10-12)18(24)22-8-7-14-16(11-22)26-19(20-14)21-17(23)15-6-3-9-25-15/h2-6,9-10H,7-8,11H2,1H3,(H,20,21,23). The summed E-state index contributed by atoms with van der Waals surface area (Å²) in [5.74, 6) is -0.0582. The van der Waals surface area contributed by atoms with Crippen molar-refractivity contribution in [2.75, 3.05) is 11.9 Å². The molecule has 4 rings (SSSR count). The number of thiazole rings is 1. The molecule has 0 radical (unpaired) electrons. The second kappa shape index (κ2) is 6.76. The third kappa shape index (κ3) is 3.25. The van der Waals surface area contributed by atoms with Gasteiger partial charge in [0, 0.05) is 23.4 Å². The van der Waals surface area contributed by atoms with Crippen LogP contribution in [0, 0.1) is 6.92 Å². The second-order valence-corrected chi connectivity index (χ2v) is 7.25. The summed E-state index contributed by atoms with van der Waals surface area (Å²) in [6.45, 7) is 3.10. The Labute approximate surface area is 154 Å². The molecule has 1 aliphatic rings. The van der Waals surface area contributed by atoms with Gasteiger partial charge in [-0.25, -0.2) is 4.98 Å². The number of furan rings is 1. The summed E-state index contributed by atoms with van der Waals surface area (Å²) >= 11 is 1.40. The Morgan fingerprint density at radius 1 is 1.27 bits per heavy atom. The maximum Gasteiger partial charge on any atom is 0.293 e. The number of aromatic nitrogens is 1. The third-order valence-corrected chi connectivity index (χ3v) is 5.25. The minimum absolute atomic E-state index is 0.0221. The van der Waals surface area contributed by atoms with Crippen molar-refractivity contribution in [3.8, 4) is 0 Å². The molecule has 1 N–H and O–H groups in total. The molecule has 132 valence electrons. The zero-order valence-electron chi connectivity index (χ0n) is 14.2. The predicted molar refractivity (Wildman–Crippen MR) is 98.4 cm³/mol. The maximum absolute atomic E-state index is 12.7. The number of benzene rings is 1. The Hall–Kier alpha value is -2.93. The lowest BCUT2D eigenvalue weighted by Crippen LogP contribution is -2.35. The van der Waals surface area contributed by atoms with Gasteiger partial charge in [-0.2, -0.15) is 0 Å². The lowest BCUT2D eigenvalue weighted by Gasteiger charge is -2.26. The van der Waals surface area contributed by atoms with Crippen molar-refractivity contribution in [2.45, 2.75) is 19.9 Å². The normalized spacial score (nSPS) is 13.3. The van der Waals surface area contributed by atoms with E-state index in [-0.39, 0.29) is 17.6 Å². The van der Waals surface area contributed by atoms with Crippen LogP contribution in [0.15, 0.2) is 47.1 Å². The first-order valence-corrected chi connectivity index (χ1v) is 9.11. The number of hydrogen-bond donors (Lipinski definition) is 1. The van der Waals surface area contributed by atoms with E-state index in [0.717, 1.165) is 16.1 Å². The molecular formula is C19H17N3O3S. The Morgan fingerprint density at radius 3 is 2.92 bits per heavy atom. The van der Waals surface area contributed by atoms with Gasteiger partial charge in [-0.1, -0.05) is 29.0 Å². The van der Waals surface area contributed by atoms with Gasteiger partial charge in [0.05, 0.1) is 18.5 Å². The number of fused-ring (bicyclic) bond motifs is 1. The number of amides is 2. The molecule has 0 unspecified atom stereocenters. The fourth-order valence-corrected chi connectivity index (χ4v) is 3.97. The molecule has 0 bridgehead atoms. The molecule has 3 aromatic rings.